The number of hydrogen-bond acceptors (Lipinski definition) is 4. The van der Waals surface area contributed by atoms with Gasteiger partial charge < -0.3 is 8.98 Å². The van der Waals surface area contributed by atoms with Gasteiger partial charge in [0.1, 0.15) is 16.0 Å². The van der Waals surface area contributed by atoms with E-state index in [4.69, 9.17) is 14.4 Å². The van der Waals surface area contributed by atoms with E-state index in [1.807, 2.05) is 18.2 Å². The zero-order valence-electron chi connectivity index (χ0n) is 23.9. The second-order valence-electron chi connectivity index (χ2n) is 11.4. The molecule has 0 bridgehead atoms. The van der Waals surface area contributed by atoms with Gasteiger partial charge in [-0.25, -0.2) is 9.97 Å². The van der Waals surface area contributed by atoms with Crippen molar-refractivity contribution in [3.8, 4) is 28.3 Å². The molecule has 0 aliphatic heterocycles. The third-order valence-electron chi connectivity index (χ3n) is 8.85. The van der Waals surface area contributed by atoms with Crippen LogP contribution in [0.5, 0.6) is 0 Å². The summed E-state index contributed by atoms with van der Waals surface area (Å²) in [4.78, 5) is 11.3. The molecule has 45 heavy (non-hydrogen) atoms. The van der Waals surface area contributed by atoms with Gasteiger partial charge >= 0.3 is 0 Å². The lowest BCUT2D eigenvalue weighted by Crippen LogP contribution is -1.96. The van der Waals surface area contributed by atoms with Gasteiger partial charge in [-0.1, -0.05) is 84.9 Å². The molecule has 4 nitrogen and oxygen atoms in total. The predicted octanol–water partition coefficient (Wildman–Crippen LogP) is 11.2. The van der Waals surface area contributed by atoms with Crippen LogP contribution in [0.25, 0.3) is 92.4 Å². The first kappa shape index (κ1) is 24.6. The number of hydrogen-bond donors (Lipinski definition) is 0. The second kappa shape index (κ2) is 9.36. The van der Waals surface area contributed by atoms with Crippen molar-refractivity contribution in [3.63, 3.8) is 0 Å². The van der Waals surface area contributed by atoms with Crippen molar-refractivity contribution in [1.29, 1.82) is 0 Å². The zero-order chi connectivity index (χ0) is 29.5. The second-order valence-corrected chi connectivity index (χ2v) is 12.4. The van der Waals surface area contributed by atoms with E-state index < -0.39 is 0 Å². The van der Waals surface area contributed by atoms with Crippen molar-refractivity contribution < 1.29 is 4.42 Å². The Bertz CT molecular complexity index is 2750. The van der Waals surface area contributed by atoms with Gasteiger partial charge in [0.2, 0.25) is 0 Å². The molecule has 4 aromatic heterocycles. The van der Waals surface area contributed by atoms with E-state index in [2.05, 4.69) is 126 Å². The van der Waals surface area contributed by atoms with Crippen LogP contribution in [0.15, 0.2) is 144 Å². The van der Waals surface area contributed by atoms with E-state index >= 15 is 0 Å². The molecule has 210 valence electrons. The molecule has 0 fully saturated rings. The van der Waals surface area contributed by atoms with E-state index in [0.29, 0.717) is 0 Å². The number of benzene rings is 6. The smallest absolute Gasteiger partial charge is 0.161 e. The van der Waals surface area contributed by atoms with Gasteiger partial charge in [0.05, 0.1) is 16.7 Å². The Balaban J connectivity index is 1.18. The topological polar surface area (TPSA) is 43.9 Å². The van der Waals surface area contributed by atoms with Crippen molar-refractivity contribution in [3.05, 3.63) is 140 Å². The molecular formula is C40H23N3OS. The minimum Gasteiger partial charge on any atom is -0.456 e. The van der Waals surface area contributed by atoms with Crippen molar-refractivity contribution in [1.82, 2.24) is 14.5 Å². The van der Waals surface area contributed by atoms with Crippen LogP contribution in [0.1, 0.15) is 0 Å². The fourth-order valence-electron chi connectivity index (χ4n) is 6.87. The lowest BCUT2D eigenvalue weighted by atomic mass is 10.1. The predicted molar refractivity (Wildman–Crippen MR) is 187 cm³/mol. The molecule has 0 aliphatic carbocycles. The number of nitrogens with zero attached hydrogens (tertiary/aromatic N) is 3. The third kappa shape index (κ3) is 3.59. The van der Waals surface area contributed by atoms with Gasteiger partial charge in [0.25, 0.3) is 0 Å². The number of rotatable bonds is 3. The highest BCUT2D eigenvalue weighted by atomic mass is 32.1. The van der Waals surface area contributed by atoms with Crippen LogP contribution in [-0.4, -0.2) is 14.5 Å². The summed E-state index contributed by atoms with van der Waals surface area (Å²) >= 11 is 1.72. The Kier molecular flexibility index (Phi) is 5.12. The molecule has 0 unspecified atom stereocenters. The van der Waals surface area contributed by atoms with E-state index in [1.54, 1.807) is 11.3 Å². The van der Waals surface area contributed by atoms with Crippen molar-refractivity contribution in [2.24, 2.45) is 0 Å². The number of thiophene rings is 1. The first-order valence-corrected chi connectivity index (χ1v) is 15.8. The maximum atomic E-state index is 6.26. The van der Waals surface area contributed by atoms with E-state index in [9.17, 15) is 0 Å². The molecule has 0 atom stereocenters. The number of para-hydroxylation sites is 2. The van der Waals surface area contributed by atoms with E-state index in [0.717, 1.165) is 71.5 Å². The van der Waals surface area contributed by atoms with Crippen molar-refractivity contribution >= 4 is 75.4 Å². The first-order valence-electron chi connectivity index (χ1n) is 15.0. The lowest BCUT2D eigenvalue weighted by molar-refractivity contribution is 0.669. The Labute approximate surface area is 261 Å². The Morgan fingerprint density at radius 1 is 0.489 bits per heavy atom. The van der Waals surface area contributed by atoms with E-state index in [1.165, 1.54) is 20.9 Å². The quantitative estimate of drug-likeness (QED) is 0.205. The normalized spacial score (nSPS) is 12.0. The molecule has 10 aromatic rings. The molecule has 10 rings (SSSR count). The molecule has 0 saturated carbocycles. The molecule has 5 heteroatoms. The average Bonchev–Trinajstić information content (AvgIpc) is 3.77. The zero-order valence-corrected chi connectivity index (χ0v) is 24.8. The first-order chi connectivity index (χ1) is 22.3. The van der Waals surface area contributed by atoms with Crippen molar-refractivity contribution in [2.45, 2.75) is 0 Å². The van der Waals surface area contributed by atoms with Crippen molar-refractivity contribution in [2.75, 3.05) is 0 Å². The Morgan fingerprint density at radius 2 is 1.22 bits per heavy atom. The molecule has 0 N–H and O–H groups in total. The van der Waals surface area contributed by atoms with Crippen LogP contribution in [0.4, 0.5) is 0 Å². The molecule has 0 saturated heterocycles. The maximum Gasteiger partial charge on any atom is 0.161 e. The summed E-state index contributed by atoms with van der Waals surface area (Å²) in [6.07, 6.45) is 0. The van der Waals surface area contributed by atoms with Gasteiger partial charge in [-0.2, -0.15) is 0 Å². The standard InChI is InChI=1S/C40H23N3OS/c1-2-10-24(11-3-1)38-37-29-14-6-9-17-34(29)45-40(37)42-39(41-38)25-18-20-26(21-19-25)43-30-15-7-4-12-27(30)35-31(43)22-23-33-36(35)28-13-5-8-16-32(28)44-33/h1-23H. The number of fused-ring (bicyclic) bond motifs is 10. The maximum absolute atomic E-state index is 6.26. The lowest BCUT2D eigenvalue weighted by Gasteiger charge is -2.10. The monoisotopic (exact) mass is 593 g/mol. The SMILES string of the molecule is c1ccc(-c2nc(-c3ccc(-n4c5ccccc5c5c6c(ccc54)oc4ccccc46)cc3)nc3sc4ccccc4c23)cc1. The highest BCUT2D eigenvalue weighted by Crippen LogP contribution is 2.42. The Morgan fingerprint density at radius 3 is 2.09 bits per heavy atom. The van der Waals surface area contributed by atoms with Gasteiger partial charge in [-0.15, -0.1) is 11.3 Å². The summed E-state index contributed by atoms with van der Waals surface area (Å²) in [6.45, 7) is 0. The van der Waals surface area contributed by atoms with Crippen LogP contribution in [0, 0.1) is 0 Å². The summed E-state index contributed by atoms with van der Waals surface area (Å²) in [6, 6.07) is 48.8. The minimum atomic E-state index is 0.730. The summed E-state index contributed by atoms with van der Waals surface area (Å²) in [5.41, 5.74) is 8.26. The van der Waals surface area contributed by atoms with Crippen LogP contribution in [0.2, 0.25) is 0 Å². The average molecular weight is 594 g/mol. The van der Waals surface area contributed by atoms with Gasteiger partial charge in [0.15, 0.2) is 5.82 Å². The Hall–Kier alpha value is -5.78. The third-order valence-corrected chi connectivity index (χ3v) is 9.91. The summed E-state index contributed by atoms with van der Waals surface area (Å²) in [5.74, 6) is 0.730. The molecule has 0 aliphatic rings. The van der Waals surface area contributed by atoms with Gasteiger partial charge in [-0.05, 0) is 54.6 Å². The van der Waals surface area contributed by atoms with Gasteiger partial charge in [0, 0.05) is 53.8 Å². The largest absolute Gasteiger partial charge is 0.456 e. The summed E-state index contributed by atoms with van der Waals surface area (Å²) < 4.78 is 9.83. The molecular weight excluding hydrogens is 571 g/mol. The molecule has 4 heterocycles. The molecule has 0 amide bonds. The molecule has 6 aromatic carbocycles. The highest BCUT2D eigenvalue weighted by molar-refractivity contribution is 7.25. The molecule has 0 radical (unpaired) electrons. The van der Waals surface area contributed by atoms with Gasteiger partial charge in [-0.3, -0.25) is 0 Å². The van der Waals surface area contributed by atoms with E-state index in [-0.39, 0.29) is 0 Å². The molecule has 0 spiro atoms. The van der Waals surface area contributed by atoms with Crippen LogP contribution < -0.4 is 0 Å². The summed E-state index contributed by atoms with van der Waals surface area (Å²) in [5, 5.41) is 7.03. The summed E-state index contributed by atoms with van der Waals surface area (Å²) in [7, 11) is 0. The minimum absolute atomic E-state index is 0.730. The van der Waals surface area contributed by atoms with Crippen LogP contribution >= 0.6 is 11.3 Å². The fourth-order valence-corrected chi connectivity index (χ4v) is 7.95. The highest BCUT2D eigenvalue weighted by Gasteiger charge is 2.20. The number of furan rings is 1. The fraction of sp³-hybridized carbons (Fsp3) is 0. The van der Waals surface area contributed by atoms with Crippen LogP contribution in [-0.2, 0) is 0 Å². The number of aromatic nitrogens is 3. The van der Waals surface area contributed by atoms with Crippen LogP contribution in [0.3, 0.4) is 0 Å².